The number of aromatic hydroxyl groups is 2. The molecule has 10 heteroatoms. The Bertz CT molecular complexity index is 946. The first kappa shape index (κ1) is 20.7. The molecule has 2 atom stereocenters. The van der Waals surface area contributed by atoms with Crippen molar-refractivity contribution in [1.82, 2.24) is 0 Å². The summed E-state index contributed by atoms with van der Waals surface area (Å²) in [5.74, 6) is -7.24. The molecule has 0 aliphatic rings. The van der Waals surface area contributed by atoms with Crippen LogP contribution in [0.15, 0.2) is 30.6 Å². The molecule has 0 amide bonds. The number of carbonyl (C=O) groups excluding carboxylic acids is 2. The van der Waals surface area contributed by atoms with Gasteiger partial charge in [0, 0.05) is 12.1 Å². The highest BCUT2D eigenvalue weighted by molar-refractivity contribution is 5.90. The zero-order valence-corrected chi connectivity index (χ0v) is 15.5. The molecular formula is C18H18O10. The maximum atomic E-state index is 12.5. The summed E-state index contributed by atoms with van der Waals surface area (Å²) in [6, 6.07) is 2.11. The van der Waals surface area contributed by atoms with Crippen LogP contribution >= 0.6 is 0 Å². The van der Waals surface area contributed by atoms with Crippen LogP contribution in [-0.2, 0) is 19.1 Å². The summed E-state index contributed by atoms with van der Waals surface area (Å²) >= 11 is 0. The van der Waals surface area contributed by atoms with E-state index < -0.39 is 57.7 Å². The number of ether oxygens (including phenoxy) is 2. The van der Waals surface area contributed by atoms with Crippen LogP contribution in [-0.4, -0.2) is 36.4 Å². The molecule has 0 saturated carbocycles. The van der Waals surface area contributed by atoms with Crippen LogP contribution < -0.4 is 11.3 Å². The van der Waals surface area contributed by atoms with Gasteiger partial charge >= 0.3 is 23.2 Å². The first-order chi connectivity index (χ1) is 13.1. The summed E-state index contributed by atoms with van der Waals surface area (Å²) in [6.07, 6.45) is 0. The van der Waals surface area contributed by atoms with E-state index in [1.54, 1.807) is 0 Å². The topological polar surface area (TPSA) is 153 Å². The lowest BCUT2D eigenvalue weighted by Gasteiger charge is -2.23. The van der Waals surface area contributed by atoms with Crippen LogP contribution in [0.25, 0.3) is 0 Å². The van der Waals surface area contributed by atoms with Gasteiger partial charge in [-0.25, -0.2) is 9.59 Å². The molecule has 0 aliphatic heterocycles. The minimum Gasteiger partial charge on any atom is -0.507 e. The molecule has 2 aromatic rings. The third kappa shape index (κ3) is 3.75. The van der Waals surface area contributed by atoms with Crippen molar-refractivity contribution in [3.05, 3.63) is 55.6 Å². The van der Waals surface area contributed by atoms with Crippen LogP contribution in [0.5, 0.6) is 11.5 Å². The molecule has 0 aromatic carbocycles. The second-order valence-electron chi connectivity index (χ2n) is 5.89. The van der Waals surface area contributed by atoms with Crippen molar-refractivity contribution in [2.75, 3.05) is 14.2 Å². The summed E-state index contributed by atoms with van der Waals surface area (Å²) in [6.45, 7) is 2.77. The zero-order valence-electron chi connectivity index (χ0n) is 15.5. The van der Waals surface area contributed by atoms with Gasteiger partial charge in [0.1, 0.15) is 34.9 Å². The fraction of sp³-hybridized carbons (Fsp3) is 0.333. The Hall–Kier alpha value is -3.56. The minimum absolute atomic E-state index is 0.0437. The van der Waals surface area contributed by atoms with Gasteiger partial charge in [-0.2, -0.15) is 0 Å². The maximum absolute atomic E-state index is 12.5. The molecular weight excluding hydrogens is 376 g/mol. The van der Waals surface area contributed by atoms with E-state index in [0.717, 1.165) is 26.4 Å². The molecule has 0 aliphatic carbocycles. The van der Waals surface area contributed by atoms with Crippen LogP contribution in [0, 0.1) is 13.8 Å². The lowest BCUT2D eigenvalue weighted by atomic mass is 9.81. The van der Waals surface area contributed by atoms with Gasteiger partial charge < -0.3 is 28.5 Å². The Kier molecular flexibility index (Phi) is 5.92. The fourth-order valence-corrected chi connectivity index (χ4v) is 2.88. The molecule has 150 valence electrons. The SMILES string of the molecule is COC(=O)C(c1c(O)cc(C)oc1=O)C(C(=O)OC)c1c(O)cc(C)oc1=O. The first-order valence-corrected chi connectivity index (χ1v) is 7.95. The van der Waals surface area contributed by atoms with Gasteiger partial charge in [-0.05, 0) is 13.8 Å². The minimum atomic E-state index is -1.86. The normalized spacial score (nSPS) is 12.9. The van der Waals surface area contributed by atoms with Crippen molar-refractivity contribution in [2.24, 2.45) is 0 Å². The molecule has 2 unspecified atom stereocenters. The molecule has 0 bridgehead atoms. The number of hydrogen-bond donors (Lipinski definition) is 2. The number of hydrogen-bond acceptors (Lipinski definition) is 10. The lowest BCUT2D eigenvalue weighted by Crippen LogP contribution is -2.34. The maximum Gasteiger partial charge on any atom is 0.343 e. The Balaban J connectivity index is 2.89. The predicted molar refractivity (Wildman–Crippen MR) is 92.3 cm³/mol. The van der Waals surface area contributed by atoms with Gasteiger partial charge in [-0.15, -0.1) is 0 Å². The molecule has 0 fully saturated rings. The summed E-state index contributed by atoms with van der Waals surface area (Å²) in [4.78, 5) is 49.7. The molecule has 2 N–H and O–H groups in total. The average Bonchev–Trinajstić information content (AvgIpc) is 2.60. The van der Waals surface area contributed by atoms with Crippen LogP contribution in [0.3, 0.4) is 0 Å². The van der Waals surface area contributed by atoms with E-state index in [1.807, 2.05) is 0 Å². The fourth-order valence-electron chi connectivity index (χ4n) is 2.88. The van der Waals surface area contributed by atoms with Crippen LogP contribution in [0.1, 0.15) is 34.5 Å². The first-order valence-electron chi connectivity index (χ1n) is 7.95. The third-order valence-electron chi connectivity index (χ3n) is 4.04. The number of rotatable bonds is 5. The second-order valence-corrected chi connectivity index (χ2v) is 5.89. The van der Waals surface area contributed by atoms with Crippen molar-refractivity contribution in [1.29, 1.82) is 0 Å². The van der Waals surface area contributed by atoms with E-state index in [-0.39, 0.29) is 11.5 Å². The molecule has 10 nitrogen and oxygen atoms in total. The Morgan fingerprint density at radius 1 is 0.821 bits per heavy atom. The number of esters is 2. The van der Waals surface area contributed by atoms with Crippen molar-refractivity contribution in [3.8, 4) is 11.5 Å². The number of aryl methyl sites for hydroxylation is 2. The summed E-state index contributed by atoms with van der Waals surface area (Å²) in [5.41, 5.74) is -3.52. The van der Waals surface area contributed by atoms with Gasteiger partial charge in [-0.1, -0.05) is 0 Å². The Morgan fingerprint density at radius 2 is 1.14 bits per heavy atom. The van der Waals surface area contributed by atoms with Crippen molar-refractivity contribution in [2.45, 2.75) is 25.7 Å². The molecule has 0 radical (unpaired) electrons. The van der Waals surface area contributed by atoms with E-state index in [0.29, 0.717) is 0 Å². The van der Waals surface area contributed by atoms with Gasteiger partial charge in [-0.3, -0.25) is 9.59 Å². The van der Waals surface area contributed by atoms with Crippen molar-refractivity contribution >= 4 is 11.9 Å². The standard InChI is InChI=1S/C18H18O10/c1-7-5-9(19)11(17(23)27-7)13(15(21)25-3)14(16(22)26-4)12-10(20)6-8(2)28-18(12)24/h5-6,13-14,19-20H,1-4H3. The summed E-state index contributed by atoms with van der Waals surface area (Å²) in [7, 11) is 1.96. The van der Waals surface area contributed by atoms with E-state index in [9.17, 15) is 29.4 Å². The molecule has 28 heavy (non-hydrogen) atoms. The van der Waals surface area contributed by atoms with Gasteiger partial charge in [0.2, 0.25) is 0 Å². The predicted octanol–water partition coefficient (Wildman–Crippen LogP) is 0.834. The molecule has 2 heterocycles. The van der Waals surface area contributed by atoms with Gasteiger partial charge in [0.05, 0.1) is 25.3 Å². The third-order valence-corrected chi connectivity index (χ3v) is 4.04. The van der Waals surface area contributed by atoms with Gasteiger partial charge in [0.15, 0.2) is 0 Å². The second kappa shape index (κ2) is 7.99. The number of carbonyl (C=O) groups is 2. The quantitative estimate of drug-likeness (QED) is 0.697. The van der Waals surface area contributed by atoms with Crippen LogP contribution in [0.4, 0.5) is 0 Å². The van der Waals surface area contributed by atoms with Crippen molar-refractivity contribution in [3.63, 3.8) is 0 Å². The molecule has 0 saturated heterocycles. The smallest absolute Gasteiger partial charge is 0.343 e. The zero-order chi connectivity index (χ0) is 21.2. The molecule has 0 spiro atoms. The summed E-state index contributed by atoms with van der Waals surface area (Å²) < 4.78 is 19.1. The highest BCUT2D eigenvalue weighted by Crippen LogP contribution is 2.39. The Morgan fingerprint density at radius 3 is 1.39 bits per heavy atom. The highest BCUT2D eigenvalue weighted by atomic mass is 16.5. The largest absolute Gasteiger partial charge is 0.507 e. The highest BCUT2D eigenvalue weighted by Gasteiger charge is 2.45. The van der Waals surface area contributed by atoms with E-state index in [2.05, 4.69) is 9.47 Å². The monoisotopic (exact) mass is 394 g/mol. The molecule has 2 aromatic heterocycles. The average molecular weight is 394 g/mol. The van der Waals surface area contributed by atoms with E-state index in [4.69, 9.17) is 8.83 Å². The number of methoxy groups -OCH3 is 2. The van der Waals surface area contributed by atoms with E-state index in [1.165, 1.54) is 13.8 Å². The van der Waals surface area contributed by atoms with Gasteiger partial charge in [0.25, 0.3) is 0 Å². The van der Waals surface area contributed by atoms with Crippen LogP contribution in [0.2, 0.25) is 0 Å². The lowest BCUT2D eigenvalue weighted by molar-refractivity contribution is -0.151. The Labute approximate surface area is 157 Å². The van der Waals surface area contributed by atoms with E-state index >= 15 is 0 Å². The van der Waals surface area contributed by atoms with Crippen molar-refractivity contribution < 1.29 is 38.1 Å². The summed E-state index contributed by atoms with van der Waals surface area (Å²) in [5, 5.41) is 20.5. The molecule has 2 rings (SSSR count).